The van der Waals surface area contributed by atoms with Gasteiger partial charge in [0.2, 0.25) is 0 Å². The van der Waals surface area contributed by atoms with Crippen molar-refractivity contribution in [2.24, 2.45) is 0 Å². The predicted octanol–water partition coefficient (Wildman–Crippen LogP) is 4.45. The molecule has 0 saturated heterocycles. The van der Waals surface area contributed by atoms with Crippen molar-refractivity contribution in [3.8, 4) is 5.75 Å². The summed E-state index contributed by atoms with van der Waals surface area (Å²) >= 11 is 0. The van der Waals surface area contributed by atoms with E-state index < -0.39 is 23.6 Å². The smallest absolute Gasteiger partial charge is 0.311 e. The summed E-state index contributed by atoms with van der Waals surface area (Å²) in [5, 5.41) is 20.1. The van der Waals surface area contributed by atoms with Gasteiger partial charge < -0.3 is 10.2 Å². The number of halogens is 1. The summed E-state index contributed by atoms with van der Waals surface area (Å²) in [6, 6.07) is 9.85. The molecule has 5 nitrogen and oxygen atoms in total. The van der Waals surface area contributed by atoms with Crippen LogP contribution in [0.4, 0.5) is 4.39 Å². The lowest BCUT2D eigenvalue weighted by Gasteiger charge is -2.13. The van der Waals surface area contributed by atoms with E-state index in [1.54, 1.807) is 13.0 Å². The van der Waals surface area contributed by atoms with E-state index in [1.165, 1.54) is 34.9 Å². The molecule has 0 radical (unpaired) electrons. The molecule has 3 rings (SSSR count). The molecule has 0 amide bonds. The molecular formula is C21H20FNO4. The lowest BCUT2D eigenvalue weighted by atomic mass is 9.92. The third-order valence-corrected chi connectivity index (χ3v) is 4.73. The zero-order valence-electron chi connectivity index (χ0n) is 15.1. The minimum atomic E-state index is -0.986. The number of carbonyl (C=O) groups excluding carboxylic acids is 1. The molecule has 0 aliphatic heterocycles. The van der Waals surface area contributed by atoms with Crippen molar-refractivity contribution >= 4 is 22.8 Å². The van der Waals surface area contributed by atoms with Crippen LogP contribution < -0.4 is 0 Å². The van der Waals surface area contributed by atoms with Gasteiger partial charge in [-0.3, -0.25) is 14.2 Å². The Bertz CT molecular complexity index is 1040. The number of fused-ring (bicyclic) bond motifs is 1. The topological polar surface area (TPSA) is 79.5 Å². The number of aromatic nitrogens is 1. The Morgan fingerprint density at radius 1 is 1.19 bits per heavy atom. The van der Waals surface area contributed by atoms with E-state index >= 15 is 0 Å². The van der Waals surface area contributed by atoms with Crippen LogP contribution in [0.5, 0.6) is 5.75 Å². The van der Waals surface area contributed by atoms with Gasteiger partial charge >= 0.3 is 5.97 Å². The van der Waals surface area contributed by atoms with Crippen LogP contribution in [0.3, 0.4) is 0 Å². The Balaban J connectivity index is 2.29. The van der Waals surface area contributed by atoms with E-state index in [0.29, 0.717) is 35.0 Å². The molecule has 0 bridgehead atoms. The van der Waals surface area contributed by atoms with Crippen molar-refractivity contribution in [3.05, 3.63) is 65.1 Å². The summed E-state index contributed by atoms with van der Waals surface area (Å²) in [5.41, 5.74) is 1.62. The van der Waals surface area contributed by atoms with Gasteiger partial charge in [0.15, 0.2) is 0 Å². The molecule has 1 heterocycles. The number of aromatic hydroxyl groups is 1. The molecule has 0 aliphatic rings. The number of benzene rings is 2. The van der Waals surface area contributed by atoms with Gasteiger partial charge in [-0.1, -0.05) is 19.4 Å². The summed E-state index contributed by atoms with van der Waals surface area (Å²) in [5.74, 6) is -2.78. The number of carbonyl (C=O) groups is 2. The number of nitrogens with zero attached hydrogens (tertiary/aromatic N) is 1. The van der Waals surface area contributed by atoms with E-state index in [2.05, 4.69) is 0 Å². The van der Waals surface area contributed by atoms with Crippen LogP contribution in [0.1, 0.15) is 47.3 Å². The number of phenols is 1. The predicted molar refractivity (Wildman–Crippen MR) is 99.8 cm³/mol. The fourth-order valence-corrected chi connectivity index (χ4v) is 3.56. The highest BCUT2D eigenvalue weighted by Crippen LogP contribution is 2.36. The fraction of sp³-hybridized carbons (Fsp3) is 0.238. The Morgan fingerprint density at radius 2 is 1.93 bits per heavy atom. The second-order valence-corrected chi connectivity index (χ2v) is 6.53. The van der Waals surface area contributed by atoms with Crippen molar-refractivity contribution in [1.82, 2.24) is 4.57 Å². The first-order valence-electron chi connectivity index (χ1n) is 8.72. The van der Waals surface area contributed by atoms with Crippen molar-refractivity contribution in [2.45, 2.75) is 32.6 Å². The average Bonchev–Trinajstić information content (AvgIpc) is 2.90. The first-order chi connectivity index (χ1) is 12.8. The van der Waals surface area contributed by atoms with Crippen molar-refractivity contribution in [1.29, 1.82) is 0 Å². The Kier molecular flexibility index (Phi) is 4.99. The van der Waals surface area contributed by atoms with Gasteiger partial charge in [-0.2, -0.15) is 0 Å². The van der Waals surface area contributed by atoms with Crippen molar-refractivity contribution < 1.29 is 24.2 Å². The largest absolute Gasteiger partial charge is 0.508 e. The van der Waals surface area contributed by atoms with E-state index in [9.17, 15) is 24.2 Å². The first kappa shape index (κ1) is 18.6. The highest BCUT2D eigenvalue weighted by molar-refractivity contribution is 6.05. The van der Waals surface area contributed by atoms with Gasteiger partial charge in [0, 0.05) is 16.6 Å². The lowest BCUT2D eigenvalue weighted by Crippen LogP contribution is -2.16. The van der Waals surface area contributed by atoms with Gasteiger partial charge in [0.05, 0.1) is 11.4 Å². The average molecular weight is 369 g/mol. The van der Waals surface area contributed by atoms with Crippen LogP contribution in [0.15, 0.2) is 42.5 Å². The normalized spacial score (nSPS) is 12.3. The zero-order chi connectivity index (χ0) is 19.7. The minimum absolute atomic E-state index is 0.0141. The van der Waals surface area contributed by atoms with Gasteiger partial charge in [0.1, 0.15) is 11.6 Å². The van der Waals surface area contributed by atoms with Crippen LogP contribution in [-0.4, -0.2) is 26.7 Å². The summed E-state index contributed by atoms with van der Waals surface area (Å²) in [4.78, 5) is 24.9. The minimum Gasteiger partial charge on any atom is -0.508 e. The number of phenolic OH excluding ortho intramolecular Hbond substituents is 1. The molecule has 0 spiro atoms. The maximum Gasteiger partial charge on any atom is 0.311 e. The maximum absolute atomic E-state index is 13.6. The third kappa shape index (κ3) is 3.30. The molecule has 2 N–H and O–H groups in total. The van der Waals surface area contributed by atoms with Crippen LogP contribution in [-0.2, 0) is 4.79 Å². The second-order valence-electron chi connectivity index (χ2n) is 6.53. The van der Waals surface area contributed by atoms with Crippen LogP contribution in [0, 0.1) is 12.7 Å². The molecule has 140 valence electrons. The Labute approximate surface area is 155 Å². The van der Waals surface area contributed by atoms with Crippen LogP contribution >= 0.6 is 0 Å². The van der Waals surface area contributed by atoms with Crippen LogP contribution in [0.25, 0.3) is 10.9 Å². The summed E-state index contributed by atoms with van der Waals surface area (Å²) in [6.07, 6.45) is 1.05. The summed E-state index contributed by atoms with van der Waals surface area (Å²) in [6.45, 7) is 3.56. The molecule has 0 aliphatic carbocycles. The third-order valence-electron chi connectivity index (χ3n) is 4.73. The SMILES string of the molecule is CCCC(C(=O)O)c1c(C)n(C(=O)c2cccc(F)c2)c2ccc(O)cc12. The highest BCUT2D eigenvalue weighted by atomic mass is 19.1. The maximum atomic E-state index is 13.6. The molecule has 6 heteroatoms. The molecule has 1 atom stereocenters. The van der Waals surface area contributed by atoms with E-state index in [-0.39, 0.29) is 11.3 Å². The summed E-state index contributed by atoms with van der Waals surface area (Å²) in [7, 11) is 0. The first-order valence-corrected chi connectivity index (χ1v) is 8.72. The van der Waals surface area contributed by atoms with Crippen LogP contribution in [0.2, 0.25) is 0 Å². The second kappa shape index (κ2) is 7.23. The molecular weight excluding hydrogens is 349 g/mol. The quantitative estimate of drug-likeness (QED) is 0.696. The number of rotatable bonds is 5. The van der Waals surface area contributed by atoms with E-state index in [0.717, 1.165) is 6.07 Å². The lowest BCUT2D eigenvalue weighted by molar-refractivity contribution is -0.139. The van der Waals surface area contributed by atoms with Crippen molar-refractivity contribution in [2.75, 3.05) is 0 Å². The van der Waals surface area contributed by atoms with Gasteiger partial charge in [-0.05, 0) is 55.3 Å². The standard InChI is InChI=1S/C21H20FNO4/c1-3-5-16(21(26)27)19-12(2)23(18-9-8-15(24)11-17(18)19)20(25)13-6-4-7-14(22)10-13/h4,6-11,16,24H,3,5H2,1-2H3,(H,26,27). The van der Waals surface area contributed by atoms with Gasteiger partial charge in [-0.25, -0.2) is 4.39 Å². The molecule has 0 saturated carbocycles. The molecule has 3 aromatic rings. The number of carboxylic acid groups (broad SMARTS) is 1. The zero-order valence-corrected chi connectivity index (χ0v) is 15.1. The number of hydrogen-bond acceptors (Lipinski definition) is 3. The van der Waals surface area contributed by atoms with Crippen molar-refractivity contribution in [3.63, 3.8) is 0 Å². The Hall–Kier alpha value is -3.15. The monoisotopic (exact) mass is 369 g/mol. The van der Waals surface area contributed by atoms with Gasteiger partial charge in [0.25, 0.3) is 5.91 Å². The Morgan fingerprint density at radius 3 is 2.56 bits per heavy atom. The van der Waals surface area contributed by atoms with E-state index in [1.807, 2.05) is 6.92 Å². The van der Waals surface area contributed by atoms with E-state index in [4.69, 9.17) is 0 Å². The molecule has 1 unspecified atom stereocenters. The molecule has 27 heavy (non-hydrogen) atoms. The van der Waals surface area contributed by atoms with Gasteiger partial charge in [-0.15, -0.1) is 0 Å². The number of aliphatic carboxylic acids is 1. The number of hydrogen-bond donors (Lipinski definition) is 2. The highest BCUT2D eigenvalue weighted by Gasteiger charge is 2.29. The molecule has 2 aromatic carbocycles. The molecule has 1 aromatic heterocycles. The number of carboxylic acids is 1. The summed E-state index contributed by atoms with van der Waals surface area (Å²) < 4.78 is 15.0. The molecule has 0 fully saturated rings. The fourth-order valence-electron chi connectivity index (χ4n) is 3.56.